The third-order valence-electron chi connectivity index (χ3n) is 2.22. The first kappa shape index (κ1) is 13.5. The summed E-state index contributed by atoms with van der Waals surface area (Å²) >= 11 is 7.23. The van der Waals surface area contributed by atoms with Gasteiger partial charge in [0.15, 0.2) is 0 Å². The average molecular weight is 278 g/mol. The maximum atomic E-state index is 13.6. The third-order valence-corrected chi connectivity index (χ3v) is 3.21. The molecule has 5 heteroatoms. The van der Waals surface area contributed by atoms with Gasteiger partial charge in [-0.05, 0) is 28.5 Å². The molecule has 0 aliphatic rings. The molecule has 0 aliphatic carbocycles. The molecule has 0 bridgehead atoms. The van der Waals surface area contributed by atoms with Gasteiger partial charge >= 0.3 is 0 Å². The molecule has 1 nitrogen and oxygen atoms in total. The first-order valence-corrected chi connectivity index (χ1v) is 5.74. The van der Waals surface area contributed by atoms with Gasteiger partial charge in [-0.25, -0.2) is 4.39 Å². The van der Waals surface area contributed by atoms with E-state index in [0.29, 0.717) is 5.56 Å². The van der Waals surface area contributed by atoms with E-state index in [0.717, 1.165) is 5.56 Å². The molecule has 0 amide bonds. The Balaban J connectivity index is 0.00000128. The van der Waals surface area contributed by atoms with Crippen LogP contribution >= 0.6 is 35.3 Å². The van der Waals surface area contributed by atoms with Crippen LogP contribution in [-0.4, -0.2) is 0 Å². The first-order chi connectivity index (χ1) is 7.20. The van der Waals surface area contributed by atoms with E-state index < -0.39 is 11.9 Å². The van der Waals surface area contributed by atoms with E-state index in [1.807, 2.05) is 16.8 Å². The van der Waals surface area contributed by atoms with Crippen LogP contribution in [0.3, 0.4) is 0 Å². The molecule has 0 saturated carbocycles. The van der Waals surface area contributed by atoms with Gasteiger partial charge in [0.2, 0.25) is 0 Å². The van der Waals surface area contributed by atoms with Crippen LogP contribution in [0.1, 0.15) is 17.2 Å². The van der Waals surface area contributed by atoms with Crippen molar-refractivity contribution in [2.75, 3.05) is 0 Å². The first-order valence-electron chi connectivity index (χ1n) is 4.41. The predicted octanol–water partition coefficient (Wildman–Crippen LogP) is 4.01. The molecular formula is C11H10Cl2FNS. The highest BCUT2D eigenvalue weighted by atomic mass is 35.5. The van der Waals surface area contributed by atoms with Crippen LogP contribution in [0.15, 0.2) is 35.0 Å². The number of benzene rings is 1. The van der Waals surface area contributed by atoms with Gasteiger partial charge in [0, 0.05) is 5.56 Å². The standard InChI is InChI=1S/C11H9ClFNS.ClH/c12-9-3-1-2-8(10(9)13)11(14)7-4-5-15-6-7;/h1-6,11H,14H2;1H/t11-;/m1./s1. The fraction of sp³-hybridized carbons (Fsp3) is 0.0909. The van der Waals surface area contributed by atoms with Gasteiger partial charge in [0.25, 0.3) is 0 Å². The normalized spacial score (nSPS) is 11.9. The van der Waals surface area contributed by atoms with E-state index >= 15 is 0 Å². The van der Waals surface area contributed by atoms with Crippen LogP contribution in [0.25, 0.3) is 0 Å². The topological polar surface area (TPSA) is 26.0 Å². The summed E-state index contributed by atoms with van der Waals surface area (Å²) in [5.41, 5.74) is 7.27. The summed E-state index contributed by atoms with van der Waals surface area (Å²) in [4.78, 5) is 0. The predicted molar refractivity (Wildman–Crippen MR) is 69.0 cm³/mol. The highest BCUT2D eigenvalue weighted by molar-refractivity contribution is 7.08. The number of rotatable bonds is 2. The Labute approximate surface area is 108 Å². The lowest BCUT2D eigenvalue weighted by Gasteiger charge is -2.11. The molecule has 1 aromatic heterocycles. The summed E-state index contributed by atoms with van der Waals surface area (Å²) in [6, 6.07) is 6.31. The van der Waals surface area contributed by atoms with Crippen LogP contribution in [0.4, 0.5) is 4.39 Å². The average Bonchev–Trinajstić information content (AvgIpc) is 2.74. The number of hydrogen-bond acceptors (Lipinski definition) is 2. The zero-order chi connectivity index (χ0) is 10.8. The second kappa shape index (κ2) is 5.64. The fourth-order valence-electron chi connectivity index (χ4n) is 1.39. The van der Waals surface area contributed by atoms with Crippen molar-refractivity contribution in [2.24, 2.45) is 5.73 Å². The lowest BCUT2D eigenvalue weighted by molar-refractivity contribution is 0.600. The van der Waals surface area contributed by atoms with Crippen molar-refractivity contribution in [3.63, 3.8) is 0 Å². The maximum Gasteiger partial charge on any atom is 0.146 e. The monoisotopic (exact) mass is 277 g/mol. The van der Waals surface area contributed by atoms with E-state index in [2.05, 4.69) is 0 Å². The Kier molecular flexibility index (Phi) is 4.74. The minimum Gasteiger partial charge on any atom is -0.320 e. The molecule has 86 valence electrons. The van der Waals surface area contributed by atoms with Gasteiger partial charge in [-0.1, -0.05) is 23.7 Å². The second-order valence-corrected chi connectivity index (χ2v) is 4.36. The number of halogens is 3. The molecule has 2 aromatic rings. The Morgan fingerprint density at radius 3 is 2.69 bits per heavy atom. The molecule has 0 fully saturated rings. The van der Waals surface area contributed by atoms with Crippen molar-refractivity contribution in [1.82, 2.24) is 0 Å². The van der Waals surface area contributed by atoms with Crippen molar-refractivity contribution in [2.45, 2.75) is 6.04 Å². The summed E-state index contributed by atoms with van der Waals surface area (Å²) in [7, 11) is 0. The molecule has 0 aliphatic heterocycles. The molecule has 2 rings (SSSR count). The molecule has 1 heterocycles. The van der Waals surface area contributed by atoms with Gasteiger partial charge in [-0.2, -0.15) is 11.3 Å². The van der Waals surface area contributed by atoms with Crippen molar-refractivity contribution in [1.29, 1.82) is 0 Å². The van der Waals surface area contributed by atoms with Crippen molar-refractivity contribution < 1.29 is 4.39 Å². The molecular weight excluding hydrogens is 268 g/mol. The quantitative estimate of drug-likeness (QED) is 0.882. The maximum absolute atomic E-state index is 13.6. The largest absolute Gasteiger partial charge is 0.320 e. The van der Waals surface area contributed by atoms with Crippen LogP contribution in [0.2, 0.25) is 5.02 Å². The lowest BCUT2D eigenvalue weighted by atomic mass is 10.0. The highest BCUT2D eigenvalue weighted by Crippen LogP contribution is 2.27. The fourth-order valence-corrected chi connectivity index (χ4v) is 2.27. The molecule has 0 unspecified atom stereocenters. The smallest absolute Gasteiger partial charge is 0.146 e. The van der Waals surface area contributed by atoms with E-state index in [-0.39, 0.29) is 17.4 Å². The van der Waals surface area contributed by atoms with Gasteiger partial charge in [-0.15, -0.1) is 12.4 Å². The summed E-state index contributed by atoms with van der Waals surface area (Å²) in [6.45, 7) is 0. The van der Waals surface area contributed by atoms with Crippen molar-refractivity contribution in [3.05, 3.63) is 57.0 Å². The zero-order valence-corrected chi connectivity index (χ0v) is 10.6. The molecule has 1 atom stereocenters. The summed E-state index contributed by atoms with van der Waals surface area (Å²) < 4.78 is 13.6. The molecule has 16 heavy (non-hydrogen) atoms. The second-order valence-electron chi connectivity index (χ2n) is 3.18. The summed E-state index contributed by atoms with van der Waals surface area (Å²) in [6.07, 6.45) is 0. The Morgan fingerprint density at radius 1 is 1.31 bits per heavy atom. The SMILES string of the molecule is Cl.N[C@H](c1ccsc1)c1cccc(Cl)c1F. The minimum absolute atomic E-state index is 0. The highest BCUT2D eigenvalue weighted by Gasteiger charge is 2.15. The Hall–Kier alpha value is -0.610. The van der Waals surface area contributed by atoms with Crippen LogP contribution < -0.4 is 5.73 Å². The minimum atomic E-state index is -0.449. The van der Waals surface area contributed by atoms with Gasteiger partial charge < -0.3 is 5.73 Å². The molecule has 0 saturated heterocycles. The van der Waals surface area contributed by atoms with Crippen molar-refractivity contribution in [3.8, 4) is 0 Å². The number of nitrogens with two attached hydrogens (primary N) is 1. The number of thiophene rings is 1. The Morgan fingerprint density at radius 2 is 2.06 bits per heavy atom. The third kappa shape index (κ3) is 2.55. The lowest BCUT2D eigenvalue weighted by Crippen LogP contribution is -2.12. The van der Waals surface area contributed by atoms with Crippen LogP contribution in [0, 0.1) is 5.82 Å². The molecule has 2 N–H and O–H groups in total. The summed E-state index contributed by atoms with van der Waals surface area (Å²) in [5, 5.41) is 3.93. The molecule has 0 spiro atoms. The molecule has 1 aromatic carbocycles. The molecule has 0 radical (unpaired) electrons. The van der Waals surface area contributed by atoms with Gasteiger partial charge in [0.1, 0.15) is 5.82 Å². The van der Waals surface area contributed by atoms with E-state index in [1.54, 1.807) is 12.1 Å². The van der Waals surface area contributed by atoms with E-state index in [4.69, 9.17) is 17.3 Å². The van der Waals surface area contributed by atoms with E-state index in [1.165, 1.54) is 17.4 Å². The van der Waals surface area contributed by atoms with Crippen LogP contribution in [-0.2, 0) is 0 Å². The van der Waals surface area contributed by atoms with E-state index in [9.17, 15) is 4.39 Å². The zero-order valence-electron chi connectivity index (χ0n) is 8.19. The van der Waals surface area contributed by atoms with Crippen molar-refractivity contribution >= 4 is 35.3 Å². The Bertz CT molecular complexity index is 459. The van der Waals surface area contributed by atoms with Gasteiger partial charge in [0.05, 0.1) is 11.1 Å². The number of hydrogen-bond donors (Lipinski definition) is 1. The van der Waals surface area contributed by atoms with Gasteiger partial charge in [-0.3, -0.25) is 0 Å². The van der Waals surface area contributed by atoms with Crippen LogP contribution in [0.5, 0.6) is 0 Å². The summed E-state index contributed by atoms with van der Waals surface area (Å²) in [5.74, 6) is -0.433.